The van der Waals surface area contributed by atoms with Crippen LogP contribution in [0.25, 0.3) is 22.6 Å². The molecule has 2 N–H and O–H groups in total. The number of methoxy groups -OCH3 is 2. The number of ether oxygens (including phenoxy) is 2. The van der Waals surface area contributed by atoms with Crippen molar-refractivity contribution in [2.75, 3.05) is 45.3 Å². The van der Waals surface area contributed by atoms with Crippen molar-refractivity contribution >= 4 is 23.5 Å². The second kappa shape index (κ2) is 20.5. The van der Waals surface area contributed by atoms with Crippen LogP contribution in [0.4, 0.5) is 18.9 Å². The monoisotopic (exact) mass is 952 g/mol. The zero-order chi connectivity index (χ0) is 48.9. The van der Waals surface area contributed by atoms with Gasteiger partial charge in [0.05, 0.1) is 67.9 Å². The summed E-state index contributed by atoms with van der Waals surface area (Å²) in [4.78, 5) is 29.8. The van der Waals surface area contributed by atoms with Gasteiger partial charge in [0.1, 0.15) is 22.9 Å². The molecule has 3 aromatic heterocycles. The van der Waals surface area contributed by atoms with Crippen LogP contribution >= 0.6 is 0 Å². The van der Waals surface area contributed by atoms with E-state index in [9.17, 15) is 18.0 Å². The fourth-order valence-electron chi connectivity index (χ4n) is 9.69. The van der Waals surface area contributed by atoms with Crippen LogP contribution in [0.3, 0.4) is 0 Å². The number of likely N-dealkylation sites (tertiary alicyclic amines) is 1. The van der Waals surface area contributed by atoms with Gasteiger partial charge >= 0.3 is 12.1 Å². The fourth-order valence-corrected chi connectivity index (χ4v) is 9.69. The Labute approximate surface area is 404 Å². The summed E-state index contributed by atoms with van der Waals surface area (Å²) in [6.45, 7) is 5.01. The van der Waals surface area contributed by atoms with Crippen LogP contribution in [-0.2, 0) is 4.79 Å². The normalized spacial score (nSPS) is 19.3. The fraction of sp³-hybridized carbons (Fsp3) is 0.327. The Hall–Kier alpha value is -7.76. The molecule has 362 valence electrons. The van der Waals surface area contributed by atoms with Gasteiger partial charge in [-0.2, -0.15) is 18.3 Å². The molecule has 4 atom stereocenters. The van der Waals surface area contributed by atoms with Crippen molar-refractivity contribution in [1.82, 2.24) is 39.0 Å². The van der Waals surface area contributed by atoms with Crippen molar-refractivity contribution in [3.63, 3.8) is 0 Å². The third-order valence-corrected chi connectivity index (χ3v) is 13.4. The smallest absolute Gasteiger partial charge is 0.471 e. The minimum atomic E-state index is -5.02. The number of carbonyl (C=O) groups excluding carboxylic acids is 1. The second-order valence-corrected chi connectivity index (χ2v) is 17.9. The Morgan fingerprint density at radius 3 is 2.06 bits per heavy atom. The van der Waals surface area contributed by atoms with Gasteiger partial charge < -0.3 is 34.3 Å². The van der Waals surface area contributed by atoms with Gasteiger partial charge in [-0.1, -0.05) is 59.8 Å². The number of carbonyl (C=O) groups is 1. The molecule has 1 amide bonds. The highest BCUT2D eigenvalue weighted by Crippen LogP contribution is 2.38. The summed E-state index contributed by atoms with van der Waals surface area (Å²) < 4.78 is 58.7. The average molecular weight is 953 g/mol. The lowest BCUT2D eigenvalue weighted by molar-refractivity contribution is -0.185. The zero-order valence-electron chi connectivity index (χ0n) is 39.4. The molecule has 4 aromatic carbocycles. The van der Waals surface area contributed by atoms with Crippen molar-refractivity contribution < 1.29 is 27.4 Å². The minimum Gasteiger partial charge on any atom is -0.495 e. The van der Waals surface area contributed by atoms with E-state index in [0.717, 1.165) is 63.9 Å². The molecular formula is C52H55F3N12O3. The molecule has 4 unspecified atom stereocenters. The molecule has 0 saturated carbocycles. The highest BCUT2D eigenvalue weighted by atomic mass is 19.4. The number of imidazole rings is 2. The first-order valence-electron chi connectivity index (χ1n) is 23.2. The maximum Gasteiger partial charge on any atom is 0.471 e. The van der Waals surface area contributed by atoms with E-state index in [1.165, 1.54) is 5.56 Å². The number of hydrazone groups is 1. The Morgan fingerprint density at radius 1 is 0.771 bits per heavy atom. The number of halogens is 3. The topological polar surface area (TPSA) is 159 Å². The Kier molecular flexibility index (Phi) is 13.8. The number of nitrogens with zero attached hydrogens (tertiary/aromatic N) is 11. The third-order valence-electron chi connectivity index (χ3n) is 13.4. The quantitative estimate of drug-likeness (QED) is 0.0719. The molecule has 0 bridgehead atoms. The minimum absolute atomic E-state index is 0.0583. The van der Waals surface area contributed by atoms with E-state index in [2.05, 4.69) is 78.8 Å². The van der Waals surface area contributed by atoms with Gasteiger partial charge in [0.15, 0.2) is 0 Å². The standard InChI is InChI=1S/C52H55F3N12O3/c1-34-27-65(32-58-34)47-16-12-40(24-49(47)69-3)45(60-56)26-57-42-22-38(36-8-6-5-7-9-36)18-20-63(29-42)43-14-10-37(11-15-43)39-19-21-64(51(68)52(53,54)55)30-44(23-39)67-31-46(61-62-67)41-13-17-48(50(25-41)70-4)66-28-35(2)59-33-66/h5-17,24-28,31-33,38-39,42,44H,18-23,29-30,56H2,1-4H3. The highest BCUT2D eigenvalue weighted by Gasteiger charge is 2.44. The van der Waals surface area contributed by atoms with Gasteiger partial charge in [-0.3, -0.25) is 9.79 Å². The molecule has 2 aliphatic rings. The summed E-state index contributed by atoms with van der Waals surface area (Å²) in [6.07, 6.45) is 8.20. The SMILES string of the molecule is COc1cc(C(C=NC2CC(c3ccccc3)CCN(c3ccc(C4CCN(C(=O)C(F)(F)F)CC(n5cc(-c6ccc(-n7cnc(C)c7)c(OC)c6)nn5)C4)cc3)C2)=NN)ccc1-n1cnc(C)c1. The molecule has 2 saturated heterocycles. The van der Waals surface area contributed by atoms with E-state index in [1.807, 2.05) is 77.8 Å². The maximum atomic E-state index is 14.0. The van der Waals surface area contributed by atoms with Crippen molar-refractivity contribution in [1.29, 1.82) is 0 Å². The van der Waals surface area contributed by atoms with Crippen LogP contribution in [0, 0.1) is 13.8 Å². The van der Waals surface area contributed by atoms with Crippen molar-refractivity contribution in [2.45, 2.75) is 69.6 Å². The molecule has 0 spiro atoms. The van der Waals surface area contributed by atoms with E-state index >= 15 is 0 Å². The highest BCUT2D eigenvalue weighted by molar-refractivity contribution is 6.38. The molecule has 2 aliphatic heterocycles. The summed E-state index contributed by atoms with van der Waals surface area (Å²) in [6, 6.07) is 29.4. The van der Waals surface area contributed by atoms with Gasteiger partial charge in [0, 0.05) is 61.6 Å². The van der Waals surface area contributed by atoms with Gasteiger partial charge in [-0.25, -0.2) is 14.6 Å². The first-order valence-corrected chi connectivity index (χ1v) is 23.2. The predicted octanol–water partition coefficient (Wildman–Crippen LogP) is 8.65. The van der Waals surface area contributed by atoms with Crippen LogP contribution < -0.4 is 20.2 Å². The van der Waals surface area contributed by atoms with E-state index in [-0.39, 0.29) is 31.0 Å². The van der Waals surface area contributed by atoms with E-state index in [1.54, 1.807) is 44.0 Å². The molecule has 9 rings (SSSR count). The molecular weight excluding hydrogens is 898 g/mol. The van der Waals surface area contributed by atoms with E-state index in [0.29, 0.717) is 47.9 Å². The zero-order valence-corrected chi connectivity index (χ0v) is 39.4. The van der Waals surface area contributed by atoms with Crippen LogP contribution in [-0.4, -0.2) is 109 Å². The van der Waals surface area contributed by atoms with E-state index in [4.69, 9.17) is 20.3 Å². The molecule has 15 nitrogen and oxygen atoms in total. The summed E-state index contributed by atoms with van der Waals surface area (Å²) in [5.74, 6) is 5.44. The van der Waals surface area contributed by atoms with Gasteiger partial charge in [-0.15, -0.1) is 5.10 Å². The second-order valence-electron chi connectivity index (χ2n) is 17.9. The Bertz CT molecular complexity index is 2980. The number of aromatic nitrogens is 7. The molecule has 2 fully saturated rings. The third kappa shape index (κ3) is 10.4. The summed E-state index contributed by atoms with van der Waals surface area (Å²) in [7, 11) is 3.20. The molecule has 0 radical (unpaired) electrons. The number of benzene rings is 4. The van der Waals surface area contributed by atoms with Gasteiger partial charge in [0.2, 0.25) is 0 Å². The molecule has 18 heteroatoms. The van der Waals surface area contributed by atoms with Crippen molar-refractivity contribution in [2.24, 2.45) is 15.9 Å². The number of nitrogens with two attached hydrogens (primary N) is 1. The predicted molar refractivity (Wildman–Crippen MR) is 262 cm³/mol. The first-order chi connectivity index (χ1) is 33.9. The molecule has 7 aromatic rings. The largest absolute Gasteiger partial charge is 0.495 e. The van der Waals surface area contributed by atoms with Crippen LogP contribution in [0.2, 0.25) is 0 Å². The van der Waals surface area contributed by atoms with E-state index < -0.39 is 18.1 Å². The number of hydrogen-bond donors (Lipinski definition) is 1. The van der Waals surface area contributed by atoms with Gasteiger partial charge in [0.25, 0.3) is 0 Å². The number of hydrogen-bond acceptors (Lipinski definition) is 11. The molecule has 70 heavy (non-hydrogen) atoms. The number of alkyl halides is 3. The lowest BCUT2D eigenvalue weighted by Gasteiger charge is -2.26. The molecule has 0 aliphatic carbocycles. The maximum absolute atomic E-state index is 14.0. The Balaban J connectivity index is 0.952. The number of aliphatic imine (C=N–C) groups is 1. The van der Waals surface area contributed by atoms with Gasteiger partial charge in [-0.05, 0) is 98.9 Å². The summed E-state index contributed by atoms with van der Waals surface area (Å²) >= 11 is 0. The lowest BCUT2D eigenvalue weighted by Crippen LogP contribution is -2.43. The van der Waals surface area contributed by atoms with Crippen molar-refractivity contribution in [3.05, 3.63) is 150 Å². The van der Waals surface area contributed by atoms with Crippen molar-refractivity contribution in [3.8, 4) is 34.1 Å². The number of anilines is 1. The average Bonchev–Trinajstić information content (AvgIpc) is 4.08. The molecule has 5 heterocycles. The van der Waals surface area contributed by atoms with Crippen LogP contribution in [0.1, 0.15) is 71.6 Å². The lowest BCUT2D eigenvalue weighted by atomic mass is 9.90. The van der Waals surface area contributed by atoms with Crippen LogP contribution in [0.5, 0.6) is 11.5 Å². The summed E-state index contributed by atoms with van der Waals surface area (Å²) in [5, 5.41) is 13.0. The summed E-state index contributed by atoms with van der Waals surface area (Å²) in [5.41, 5.74) is 9.07. The number of amides is 1. The Morgan fingerprint density at radius 2 is 1.41 bits per heavy atom. The number of aryl methyl sites for hydroxylation is 2. The van der Waals surface area contributed by atoms with Crippen LogP contribution in [0.15, 0.2) is 132 Å². The first kappa shape index (κ1) is 47.3. The number of rotatable bonds is 12.